The summed E-state index contributed by atoms with van der Waals surface area (Å²) in [5.41, 5.74) is -0.236. The zero-order valence-corrected chi connectivity index (χ0v) is 9.68. The van der Waals surface area contributed by atoms with Gasteiger partial charge in [0.05, 0.1) is 18.5 Å². The number of ether oxygens (including phenoxy) is 2. The van der Waals surface area contributed by atoms with E-state index in [4.69, 9.17) is 9.47 Å². The van der Waals surface area contributed by atoms with Gasteiger partial charge in [0.25, 0.3) is 0 Å². The summed E-state index contributed by atoms with van der Waals surface area (Å²) in [7, 11) is 3.42. The average Bonchev–Trinajstić information content (AvgIpc) is 2.02. The molecule has 13 heavy (non-hydrogen) atoms. The van der Waals surface area contributed by atoms with E-state index in [0.717, 1.165) is 12.2 Å². The van der Waals surface area contributed by atoms with Gasteiger partial charge in [-0.3, -0.25) is 0 Å². The highest BCUT2D eigenvalue weighted by atomic mass is 16.5. The average molecular weight is 186 g/mol. The van der Waals surface area contributed by atoms with Gasteiger partial charge in [0.15, 0.2) is 0 Å². The Hall–Kier alpha value is -0.500. The van der Waals surface area contributed by atoms with Crippen LogP contribution in [0.3, 0.4) is 0 Å². The molecule has 2 nitrogen and oxygen atoms in total. The SMILES string of the molecule is CO/C(=C\C(C)(C)OC)CC(C)C. The molecule has 0 rings (SSSR count). The minimum atomic E-state index is -0.236. The van der Waals surface area contributed by atoms with Crippen LogP contribution in [-0.2, 0) is 9.47 Å². The first-order chi connectivity index (χ1) is 5.91. The molecule has 0 heterocycles. The van der Waals surface area contributed by atoms with E-state index in [1.807, 2.05) is 19.9 Å². The summed E-state index contributed by atoms with van der Waals surface area (Å²) < 4.78 is 10.6. The van der Waals surface area contributed by atoms with Crippen LogP contribution in [-0.4, -0.2) is 19.8 Å². The van der Waals surface area contributed by atoms with Crippen molar-refractivity contribution < 1.29 is 9.47 Å². The van der Waals surface area contributed by atoms with Gasteiger partial charge in [-0.05, 0) is 25.8 Å². The number of rotatable bonds is 5. The maximum Gasteiger partial charge on any atom is 0.0946 e. The molecule has 0 bridgehead atoms. The molecule has 0 saturated heterocycles. The Morgan fingerprint density at radius 2 is 1.85 bits per heavy atom. The lowest BCUT2D eigenvalue weighted by Crippen LogP contribution is -2.20. The molecule has 0 aromatic rings. The second-order valence-electron chi connectivity index (χ2n) is 4.22. The largest absolute Gasteiger partial charge is 0.501 e. The molecular weight excluding hydrogens is 164 g/mol. The quantitative estimate of drug-likeness (QED) is 0.614. The van der Waals surface area contributed by atoms with E-state index in [1.54, 1.807) is 14.2 Å². The number of hydrogen-bond acceptors (Lipinski definition) is 2. The van der Waals surface area contributed by atoms with Crippen LogP contribution in [0.2, 0.25) is 0 Å². The van der Waals surface area contributed by atoms with E-state index < -0.39 is 0 Å². The van der Waals surface area contributed by atoms with Gasteiger partial charge in [0.2, 0.25) is 0 Å². The fraction of sp³-hybridized carbons (Fsp3) is 0.818. The second-order valence-corrected chi connectivity index (χ2v) is 4.22. The van der Waals surface area contributed by atoms with Gasteiger partial charge in [-0.25, -0.2) is 0 Å². The first kappa shape index (κ1) is 12.5. The first-order valence-electron chi connectivity index (χ1n) is 4.72. The maximum atomic E-state index is 5.30. The van der Waals surface area contributed by atoms with Gasteiger partial charge in [-0.1, -0.05) is 13.8 Å². The molecule has 0 spiro atoms. The molecule has 0 aromatic heterocycles. The van der Waals surface area contributed by atoms with E-state index in [2.05, 4.69) is 13.8 Å². The van der Waals surface area contributed by atoms with Gasteiger partial charge in [-0.15, -0.1) is 0 Å². The lowest BCUT2D eigenvalue weighted by Gasteiger charge is -2.20. The van der Waals surface area contributed by atoms with Crippen LogP contribution in [0, 0.1) is 5.92 Å². The summed E-state index contributed by atoms with van der Waals surface area (Å²) in [6, 6.07) is 0. The van der Waals surface area contributed by atoms with E-state index in [1.165, 1.54) is 0 Å². The third kappa shape index (κ3) is 5.69. The predicted molar refractivity (Wildman–Crippen MR) is 55.6 cm³/mol. The molecule has 0 aromatic carbocycles. The van der Waals surface area contributed by atoms with E-state index in [0.29, 0.717) is 5.92 Å². The predicted octanol–water partition coefficient (Wildman–Crippen LogP) is 2.99. The number of hydrogen-bond donors (Lipinski definition) is 0. The zero-order chi connectivity index (χ0) is 10.5. The van der Waals surface area contributed by atoms with Crippen LogP contribution in [0.4, 0.5) is 0 Å². The van der Waals surface area contributed by atoms with Gasteiger partial charge < -0.3 is 9.47 Å². The Morgan fingerprint density at radius 3 is 2.15 bits per heavy atom. The van der Waals surface area contributed by atoms with Gasteiger partial charge in [0, 0.05) is 13.5 Å². The molecule has 0 aliphatic carbocycles. The Labute approximate surface area is 81.9 Å². The monoisotopic (exact) mass is 186 g/mol. The van der Waals surface area contributed by atoms with E-state index in [9.17, 15) is 0 Å². The minimum Gasteiger partial charge on any atom is -0.501 e. The summed E-state index contributed by atoms with van der Waals surface area (Å²) in [5, 5.41) is 0. The third-order valence-electron chi connectivity index (χ3n) is 1.91. The van der Waals surface area contributed by atoms with Crippen LogP contribution in [0.5, 0.6) is 0 Å². The fourth-order valence-electron chi connectivity index (χ4n) is 1.05. The molecule has 0 saturated carbocycles. The molecule has 0 aliphatic heterocycles. The highest BCUT2D eigenvalue weighted by Gasteiger charge is 2.15. The molecule has 0 radical (unpaired) electrons. The Morgan fingerprint density at radius 1 is 1.31 bits per heavy atom. The van der Waals surface area contributed by atoms with Crippen LogP contribution < -0.4 is 0 Å². The summed E-state index contributed by atoms with van der Waals surface area (Å²) in [4.78, 5) is 0. The lowest BCUT2D eigenvalue weighted by atomic mass is 10.0. The lowest BCUT2D eigenvalue weighted by molar-refractivity contribution is 0.0607. The molecule has 0 aliphatic rings. The number of methoxy groups -OCH3 is 2. The van der Waals surface area contributed by atoms with Gasteiger partial charge in [-0.2, -0.15) is 0 Å². The van der Waals surface area contributed by atoms with Gasteiger partial charge >= 0.3 is 0 Å². The van der Waals surface area contributed by atoms with E-state index >= 15 is 0 Å². The standard InChI is InChI=1S/C11H22O2/c1-9(2)7-10(12-5)8-11(3,4)13-6/h8-9H,7H2,1-6H3/b10-8-. The molecule has 78 valence electrons. The Kier molecular flexibility index (Phi) is 5.07. The molecule has 2 heteroatoms. The van der Waals surface area contributed by atoms with Crippen molar-refractivity contribution in [3.8, 4) is 0 Å². The van der Waals surface area contributed by atoms with Crippen LogP contribution in [0.1, 0.15) is 34.1 Å². The molecule has 0 atom stereocenters. The topological polar surface area (TPSA) is 18.5 Å². The highest BCUT2D eigenvalue weighted by Crippen LogP contribution is 2.18. The molecule has 0 N–H and O–H groups in total. The molecule has 0 unspecified atom stereocenters. The molecular formula is C11H22O2. The third-order valence-corrected chi connectivity index (χ3v) is 1.91. The first-order valence-corrected chi connectivity index (χ1v) is 4.72. The smallest absolute Gasteiger partial charge is 0.0946 e. The summed E-state index contributed by atoms with van der Waals surface area (Å²) in [6.45, 7) is 8.39. The van der Waals surface area contributed by atoms with E-state index in [-0.39, 0.29) is 5.60 Å². The van der Waals surface area contributed by atoms with Crippen molar-refractivity contribution in [2.75, 3.05) is 14.2 Å². The Balaban J connectivity index is 4.37. The summed E-state index contributed by atoms with van der Waals surface area (Å²) >= 11 is 0. The van der Waals surface area contributed by atoms with Crippen molar-refractivity contribution in [3.63, 3.8) is 0 Å². The summed E-state index contributed by atoms with van der Waals surface area (Å²) in [5.74, 6) is 1.61. The molecule has 0 amide bonds. The maximum absolute atomic E-state index is 5.30. The van der Waals surface area contributed by atoms with Crippen molar-refractivity contribution in [1.29, 1.82) is 0 Å². The van der Waals surface area contributed by atoms with Crippen LogP contribution in [0.25, 0.3) is 0 Å². The van der Waals surface area contributed by atoms with Crippen molar-refractivity contribution in [1.82, 2.24) is 0 Å². The highest BCUT2D eigenvalue weighted by molar-refractivity contribution is 5.03. The number of allylic oxidation sites excluding steroid dienone is 1. The van der Waals surface area contributed by atoms with Crippen molar-refractivity contribution in [2.45, 2.75) is 39.7 Å². The molecule has 0 fully saturated rings. The summed E-state index contributed by atoms with van der Waals surface area (Å²) in [6.07, 6.45) is 3.00. The van der Waals surface area contributed by atoms with Gasteiger partial charge in [0.1, 0.15) is 0 Å². The minimum absolute atomic E-state index is 0.236. The van der Waals surface area contributed by atoms with Crippen molar-refractivity contribution in [2.24, 2.45) is 5.92 Å². The van der Waals surface area contributed by atoms with Crippen molar-refractivity contribution >= 4 is 0 Å². The fourth-order valence-corrected chi connectivity index (χ4v) is 1.05. The normalized spacial score (nSPS) is 13.6. The second kappa shape index (κ2) is 5.28. The van der Waals surface area contributed by atoms with Crippen LogP contribution in [0.15, 0.2) is 11.8 Å². The van der Waals surface area contributed by atoms with Crippen molar-refractivity contribution in [3.05, 3.63) is 11.8 Å². The zero-order valence-electron chi connectivity index (χ0n) is 9.68. The Bertz CT molecular complexity index is 169. The van der Waals surface area contributed by atoms with Crippen LogP contribution >= 0.6 is 0 Å².